The average Bonchev–Trinajstić information content (AvgIpc) is 3.33. The van der Waals surface area contributed by atoms with Crippen molar-refractivity contribution in [3.8, 4) is 11.3 Å². The molecule has 4 heterocycles. The molecule has 176 valence electrons. The summed E-state index contributed by atoms with van der Waals surface area (Å²) in [4.78, 5) is 19.2. The lowest BCUT2D eigenvalue weighted by molar-refractivity contribution is 0.122. The summed E-state index contributed by atoms with van der Waals surface area (Å²) in [5, 5.41) is 4.31. The number of sulfone groups is 1. The topological polar surface area (TPSA) is 113 Å². The van der Waals surface area contributed by atoms with E-state index in [0.29, 0.717) is 50.3 Å². The summed E-state index contributed by atoms with van der Waals surface area (Å²) in [6, 6.07) is 11.1. The number of morpholine rings is 1. The first-order chi connectivity index (χ1) is 16.5. The average molecular weight is 479 g/mol. The minimum absolute atomic E-state index is 0.245. The smallest absolute Gasteiger partial charge is 0.228 e. The number of anilines is 2. The lowest BCUT2D eigenvalue weighted by atomic mass is 10.1. The van der Waals surface area contributed by atoms with E-state index in [1.54, 1.807) is 24.5 Å². The third-order valence-electron chi connectivity index (χ3n) is 5.80. The molecule has 0 bridgehead atoms. The van der Waals surface area contributed by atoms with Crippen molar-refractivity contribution >= 4 is 32.5 Å². The summed E-state index contributed by atoms with van der Waals surface area (Å²) < 4.78 is 30.2. The maximum atomic E-state index is 12.4. The van der Waals surface area contributed by atoms with Gasteiger partial charge in [-0.05, 0) is 36.2 Å². The van der Waals surface area contributed by atoms with Gasteiger partial charge in [0, 0.05) is 67.0 Å². The molecule has 0 amide bonds. The second-order valence-corrected chi connectivity index (χ2v) is 10.3. The normalized spacial score (nSPS) is 14.4. The number of hydrogen-bond donors (Lipinski definition) is 2. The van der Waals surface area contributed by atoms with Gasteiger partial charge in [0.25, 0.3) is 0 Å². The van der Waals surface area contributed by atoms with Crippen LogP contribution in [0.5, 0.6) is 0 Å². The van der Waals surface area contributed by atoms with Crippen LogP contribution in [0.1, 0.15) is 5.56 Å². The van der Waals surface area contributed by atoms with Gasteiger partial charge in [0.2, 0.25) is 5.95 Å². The van der Waals surface area contributed by atoms with Crippen LogP contribution in [0, 0.1) is 0 Å². The van der Waals surface area contributed by atoms with E-state index >= 15 is 0 Å². The Bertz CT molecular complexity index is 1400. The van der Waals surface area contributed by atoms with Crippen LogP contribution in [-0.2, 0) is 21.0 Å². The van der Waals surface area contributed by atoms with Crippen LogP contribution in [-0.4, -0.2) is 67.5 Å². The molecule has 1 aliphatic heterocycles. The molecule has 0 atom stereocenters. The number of nitrogens with one attached hydrogen (secondary N) is 2. The Hall–Kier alpha value is -3.50. The first kappa shape index (κ1) is 22.3. The number of benzene rings is 1. The van der Waals surface area contributed by atoms with Gasteiger partial charge in [0.1, 0.15) is 5.82 Å². The Kier molecular flexibility index (Phi) is 6.16. The zero-order chi connectivity index (χ0) is 23.5. The maximum Gasteiger partial charge on any atom is 0.228 e. The molecular weight excluding hydrogens is 452 g/mol. The molecule has 9 nitrogen and oxygen atoms in total. The number of hydrogen-bond acceptors (Lipinski definition) is 8. The van der Waals surface area contributed by atoms with Gasteiger partial charge >= 0.3 is 0 Å². The second-order valence-electron chi connectivity index (χ2n) is 8.26. The quantitative estimate of drug-likeness (QED) is 0.417. The first-order valence-electron chi connectivity index (χ1n) is 11.1. The van der Waals surface area contributed by atoms with Gasteiger partial charge in [-0.15, -0.1) is 0 Å². The van der Waals surface area contributed by atoms with Crippen molar-refractivity contribution in [1.82, 2.24) is 19.9 Å². The summed E-state index contributed by atoms with van der Waals surface area (Å²) in [7, 11) is -3.40. The molecule has 1 saturated heterocycles. The molecule has 0 unspecified atom stereocenters. The van der Waals surface area contributed by atoms with Crippen LogP contribution in [0.3, 0.4) is 0 Å². The second kappa shape index (κ2) is 9.40. The Morgan fingerprint density at radius 3 is 2.76 bits per heavy atom. The number of ether oxygens (including phenoxy) is 1. The minimum Gasteiger partial charge on any atom is -0.378 e. The van der Waals surface area contributed by atoms with Crippen molar-refractivity contribution in [3.63, 3.8) is 0 Å². The van der Waals surface area contributed by atoms with E-state index in [0.717, 1.165) is 28.5 Å². The highest BCUT2D eigenvalue weighted by Gasteiger charge is 2.19. The van der Waals surface area contributed by atoms with Crippen LogP contribution in [0.2, 0.25) is 0 Å². The van der Waals surface area contributed by atoms with Crippen molar-refractivity contribution in [1.29, 1.82) is 0 Å². The van der Waals surface area contributed by atoms with Crippen molar-refractivity contribution in [2.45, 2.75) is 11.3 Å². The van der Waals surface area contributed by atoms with Gasteiger partial charge < -0.3 is 19.9 Å². The Morgan fingerprint density at radius 2 is 2.00 bits per heavy atom. The van der Waals surface area contributed by atoms with Gasteiger partial charge in [-0.3, -0.25) is 4.98 Å². The molecule has 0 saturated carbocycles. The SMILES string of the molecule is CS(=O)(=O)c1cc(-c2cc(NCCc3cccnc3)nc(N3CCOCC3)n2)c2cc[nH]c2c1. The van der Waals surface area contributed by atoms with Crippen LogP contribution >= 0.6 is 0 Å². The van der Waals surface area contributed by atoms with Gasteiger partial charge in [0.05, 0.1) is 23.8 Å². The molecule has 1 aliphatic rings. The molecule has 0 spiro atoms. The standard InChI is InChI=1S/C24H26N6O3S/c1-34(31,32)18-13-20(19-5-8-26-21(19)14-18)22-15-23(27-7-4-17-3-2-6-25-16-17)29-24(28-22)30-9-11-33-12-10-30/h2-3,5-6,8,13-16,26H,4,7,9-12H2,1H3,(H,27,28,29). The van der Waals surface area contributed by atoms with E-state index in [1.165, 1.54) is 6.26 Å². The predicted octanol–water partition coefficient (Wildman–Crippen LogP) is 2.91. The zero-order valence-corrected chi connectivity index (χ0v) is 19.7. The molecule has 4 aromatic rings. The van der Waals surface area contributed by atoms with E-state index in [2.05, 4.69) is 20.2 Å². The minimum atomic E-state index is -3.40. The van der Waals surface area contributed by atoms with Crippen molar-refractivity contribution in [2.24, 2.45) is 0 Å². The van der Waals surface area contributed by atoms with Crippen LogP contribution in [0.4, 0.5) is 11.8 Å². The summed E-state index contributed by atoms with van der Waals surface area (Å²) in [6.07, 6.45) is 7.43. The fraction of sp³-hybridized carbons (Fsp3) is 0.292. The molecule has 0 radical (unpaired) electrons. The molecular formula is C24H26N6O3S. The molecule has 1 fully saturated rings. The van der Waals surface area contributed by atoms with Gasteiger partial charge in [-0.2, -0.15) is 4.98 Å². The zero-order valence-electron chi connectivity index (χ0n) is 18.9. The number of aromatic amines is 1. The van der Waals surface area contributed by atoms with Gasteiger partial charge in [0.15, 0.2) is 9.84 Å². The molecule has 5 rings (SSSR count). The van der Waals surface area contributed by atoms with E-state index in [-0.39, 0.29) is 4.90 Å². The molecule has 3 aromatic heterocycles. The predicted molar refractivity (Wildman–Crippen MR) is 132 cm³/mol. The summed E-state index contributed by atoms with van der Waals surface area (Å²) in [5.41, 5.74) is 3.28. The van der Waals surface area contributed by atoms with E-state index in [9.17, 15) is 8.42 Å². The highest BCUT2D eigenvalue weighted by molar-refractivity contribution is 7.90. The fourth-order valence-corrected chi connectivity index (χ4v) is 4.68. The van der Waals surface area contributed by atoms with E-state index < -0.39 is 9.84 Å². The largest absolute Gasteiger partial charge is 0.378 e. The van der Waals surface area contributed by atoms with E-state index in [1.807, 2.05) is 30.5 Å². The summed E-state index contributed by atoms with van der Waals surface area (Å²) in [5.74, 6) is 1.28. The molecule has 34 heavy (non-hydrogen) atoms. The number of aromatic nitrogens is 4. The Morgan fingerprint density at radius 1 is 1.15 bits per heavy atom. The Balaban J connectivity index is 1.54. The van der Waals surface area contributed by atoms with Crippen molar-refractivity contribution in [2.75, 3.05) is 49.3 Å². The summed E-state index contributed by atoms with van der Waals surface area (Å²) in [6.45, 7) is 3.29. The number of rotatable bonds is 7. The third kappa shape index (κ3) is 4.87. The Labute approximate surface area is 198 Å². The van der Waals surface area contributed by atoms with Gasteiger partial charge in [-0.1, -0.05) is 6.07 Å². The van der Waals surface area contributed by atoms with E-state index in [4.69, 9.17) is 14.7 Å². The van der Waals surface area contributed by atoms with Crippen molar-refractivity contribution in [3.05, 3.63) is 60.6 Å². The number of nitrogens with zero attached hydrogens (tertiary/aromatic N) is 4. The molecule has 0 aliphatic carbocycles. The highest BCUT2D eigenvalue weighted by atomic mass is 32.2. The first-order valence-corrected chi connectivity index (χ1v) is 13.0. The number of fused-ring (bicyclic) bond motifs is 1. The highest BCUT2D eigenvalue weighted by Crippen LogP contribution is 2.32. The van der Waals surface area contributed by atoms with Crippen LogP contribution in [0.15, 0.2) is 59.9 Å². The lowest BCUT2D eigenvalue weighted by Gasteiger charge is -2.27. The van der Waals surface area contributed by atoms with Crippen LogP contribution in [0.25, 0.3) is 22.2 Å². The number of pyridine rings is 1. The molecule has 10 heteroatoms. The molecule has 1 aromatic carbocycles. The molecule has 2 N–H and O–H groups in total. The lowest BCUT2D eigenvalue weighted by Crippen LogP contribution is -2.37. The third-order valence-corrected chi connectivity index (χ3v) is 6.89. The fourth-order valence-electron chi connectivity index (χ4n) is 4.02. The van der Waals surface area contributed by atoms with Crippen molar-refractivity contribution < 1.29 is 13.2 Å². The van der Waals surface area contributed by atoms with Gasteiger partial charge in [-0.25, -0.2) is 13.4 Å². The van der Waals surface area contributed by atoms with Crippen LogP contribution < -0.4 is 10.2 Å². The monoisotopic (exact) mass is 478 g/mol. The maximum absolute atomic E-state index is 12.4. The number of H-pyrrole nitrogens is 1. The summed E-state index contributed by atoms with van der Waals surface area (Å²) >= 11 is 0.